The van der Waals surface area contributed by atoms with Crippen LogP contribution in [0.4, 0.5) is 0 Å². The molecule has 6 heteroatoms. The minimum absolute atomic E-state index is 0.0320. The Morgan fingerprint density at radius 2 is 0.800 bits per heavy atom. The number of aliphatic hydroxyl groups excluding tert-OH is 2. The predicted molar refractivity (Wildman–Crippen MR) is 260 cm³/mol. The van der Waals surface area contributed by atoms with Crippen molar-refractivity contribution in [1.29, 1.82) is 0 Å². The van der Waals surface area contributed by atoms with E-state index in [1.54, 1.807) is 0 Å². The molecule has 0 rings (SSSR count). The molecule has 0 saturated carbocycles. The van der Waals surface area contributed by atoms with Crippen LogP contribution in [0.3, 0.4) is 0 Å². The largest absolute Gasteiger partial charge is 0.466 e. The molecular weight excluding hydrogens is 743 g/mol. The summed E-state index contributed by atoms with van der Waals surface area (Å²) >= 11 is 0. The second-order valence-electron chi connectivity index (χ2n) is 18.6. The summed E-state index contributed by atoms with van der Waals surface area (Å²) in [6, 6.07) is -0.578. The summed E-state index contributed by atoms with van der Waals surface area (Å²) in [5.41, 5.74) is 0. The van der Waals surface area contributed by atoms with Gasteiger partial charge in [0.15, 0.2) is 0 Å². The number of ether oxygens (including phenoxy) is 1. The Hall–Kier alpha value is -1.40. The molecule has 356 valence electrons. The highest BCUT2D eigenvalue weighted by atomic mass is 16.5. The van der Waals surface area contributed by atoms with E-state index in [9.17, 15) is 19.8 Å². The molecule has 0 aromatic heterocycles. The second-order valence-corrected chi connectivity index (χ2v) is 18.6. The SMILES string of the molecule is CCCCCCCCCCCCCCCCCCCCCC(O)C(CO)NC(=O)CCC/C=C\CCCCCCOC(=O)CCCCCCCCCCCCCCCCC. The first-order chi connectivity index (χ1) is 29.5. The highest BCUT2D eigenvalue weighted by Gasteiger charge is 2.20. The van der Waals surface area contributed by atoms with Crippen LogP contribution in [0.2, 0.25) is 0 Å². The van der Waals surface area contributed by atoms with Crippen LogP contribution in [0.5, 0.6) is 0 Å². The smallest absolute Gasteiger partial charge is 0.305 e. The molecule has 0 spiro atoms. The number of carbonyl (C=O) groups is 2. The molecule has 3 N–H and O–H groups in total. The van der Waals surface area contributed by atoms with Gasteiger partial charge in [-0.25, -0.2) is 0 Å². The lowest BCUT2D eigenvalue weighted by molar-refractivity contribution is -0.143. The normalized spacial score (nSPS) is 12.7. The highest BCUT2D eigenvalue weighted by Crippen LogP contribution is 2.17. The molecule has 2 unspecified atom stereocenters. The first-order valence-electron chi connectivity index (χ1n) is 26.9. The maximum Gasteiger partial charge on any atom is 0.305 e. The van der Waals surface area contributed by atoms with E-state index in [0.29, 0.717) is 25.9 Å². The zero-order valence-corrected chi connectivity index (χ0v) is 40.5. The van der Waals surface area contributed by atoms with Crippen molar-refractivity contribution in [3.63, 3.8) is 0 Å². The van der Waals surface area contributed by atoms with Crippen LogP contribution in [0, 0.1) is 0 Å². The summed E-state index contributed by atoms with van der Waals surface area (Å²) < 4.78 is 5.45. The third-order valence-corrected chi connectivity index (χ3v) is 12.6. The van der Waals surface area contributed by atoms with Crippen LogP contribution in [-0.4, -0.2) is 47.4 Å². The minimum Gasteiger partial charge on any atom is -0.466 e. The maximum atomic E-state index is 12.4. The van der Waals surface area contributed by atoms with Gasteiger partial charge in [-0.2, -0.15) is 0 Å². The quantitative estimate of drug-likeness (QED) is 0.0322. The van der Waals surface area contributed by atoms with Crippen LogP contribution in [0.1, 0.15) is 296 Å². The summed E-state index contributed by atoms with van der Waals surface area (Å²) in [7, 11) is 0. The summed E-state index contributed by atoms with van der Waals surface area (Å²) in [5, 5.41) is 23.2. The molecular formula is C54H105NO5. The predicted octanol–water partition coefficient (Wildman–Crippen LogP) is 16.1. The summed E-state index contributed by atoms with van der Waals surface area (Å²) in [6.45, 7) is 4.88. The van der Waals surface area contributed by atoms with Gasteiger partial charge in [-0.1, -0.05) is 251 Å². The number of amides is 1. The summed E-state index contributed by atoms with van der Waals surface area (Å²) in [4.78, 5) is 24.5. The standard InChI is InChI=1S/C54H105NO5/c1-3-5-7-9-11-13-15-17-19-20-21-22-24-25-27-30-34-38-42-46-52(57)51(50-56)55-53(58)47-43-39-35-31-29-33-37-41-45-49-60-54(59)48-44-40-36-32-28-26-23-18-16-14-12-10-8-6-4-2/h31,35,51-52,56-57H,3-30,32-34,36-50H2,1-2H3,(H,55,58)/b35-31-. The Morgan fingerprint density at radius 3 is 1.22 bits per heavy atom. The van der Waals surface area contributed by atoms with Gasteiger partial charge in [0, 0.05) is 12.8 Å². The number of nitrogens with one attached hydrogen (secondary N) is 1. The molecule has 0 heterocycles. The Kier molecular flexibility index (Phi) is 49.1. The Morgan fingerprint density at radius 1 is 0.450 bits per heavy atom. The fourth-order valence-electron chi connectivity index (χ4n) is 8.41. The first kappa shape index (κ1) is 58.6. The van der Waals surface area contributed by atoms with E-state index in [2.05, 4.69) is 31.3 Å². The van der Waals surface area contributed by atoms with Gasteiger partial charge in [0.2, 0.25) is 5.91 Å². The average molecular weight is 848 g/mol. The van der Waals surface area contributed by atoms with Gasteiger partial charge in [-0.15, -0.1) is 0 Å². The first-order valence-corrected chi connectivity index (χ1v) is 26.9. The van der Waals surface area contributed by atoms with E-state index in [-0.39, 0.29) is 18.5 Å². The zero-order valence-electron chi connectivity index (χ0n) is 40.5. The molecule has 0 fully saturated rings. The van der Waals surface area contributed by atoms with Gasteiger partial charge in [0.05, 0.1) is 25.4 Å². The van der Waals surface area contributed by atoms with Gasteiger partial charge < -0.3 is 20.3 Å². The summed E-state index contributed by atoms with van der Waals surface area (Å²) in [5.74, 6) is -0.124. The van der Waals surface area contributed by atoms with E-state index in [1.165, 1.54) is 193 Å². The molecule has 0 radical (unpaired) electrons. The molecule has 0 aliphatic heterocycles. The molecule has 60 heavy (non-hydrogen) atoms. The lowest BCUT2D eigenvalue weighted by atomic mass is 10.0. The number of unbranched alkanes of at least 4 members (excludes halogenated alkanes) is 37. The Bertz CT molecular complexity index is 893. The summed E-state index contributed by atoms with van der Waals surface area (Å²) in [6.07, 6.45) is 57.7. The Balaban J connectivity index is 3.52. The lowest BCUT2D eigenvalue weighted by Gasteiger charge is -2.22. The van der Waals surface area contributed by atoms with Crippen molar-refractivity contribution in [3.8, 4) is 0 Å². The molecule has 0 saturated heterocycles. The average Bonchev–Trinajstić information content (AvgIpc) is 3.25. The van der Waals surface area contributed by atoms with E-state index >= 15 is 0 Å². The van der Waals surface area contributed by atoms with Crippen LogP contribution >= 0.6 is 0 Å². The maximum absolute atomic E-state index is 12.4. The highest BCUT2D eigenvalue weighted by molar-refractivity contribution is 5.76. The molecule has 1 amide bonds. The molecule has 2 atom stereocenters. The number of rotatable bonds is 50. The van der Waals surface area contributed by atoms with Gasteiger partial charge >= 0.3 is 5.97 Å². The van der Waals surface area contributed by atoms with Crippen molar-refractivity contribution in [2.45, 2.75) is 309 Å². The van der Waals surface area contributed by atoms with Crippen molar-refractivity contribution in [3.05, 3.63) is 12.2 Å². The topological polar surface area (TPSA) is 95.9 Å². The van der Waals surface area contributed by atoms with Gasteiger partial charge in [0.25, 0.3) is 0 Å². The number of hydrogen-bond acceptors (Lipinski definition) is 5. The van der Waals surface area contributed by atoms with Crippen molar-refractivity contribution >= 4 is 11.9 Å². The number of allylic oxidation sites excluding steroid dienone is 2. The molecule has 6 nitrogen and oxygen atoms in total. The molecule has 0 aromatic rings. The van der Waals surface area contributed by atoms with E-state index in [4.69, 9.17) is 4.74 Å². The van der Waals surface area contributed by atoms with Crippen molar-refractivity contribution in [2.24, 2.45) is 0 Å². The van der Waals surface area contributed by atoms with E-state index in [1.807, 2.05) is 0 Å². The van der Waals surface area contributed by atoms with Gasteiger partial charge in [0.1, 0.15) is 0 Å². The van der Waals surface area contributed by atoms with Gasteiger partial charge in [-0.3, -0.25) is 9.59 Å². The van der Waals surface area contributed by atoms with Crippen molar-refractivity contribution < 1.29 is 24.5 Å². The lowest BCUT2D eigenvalue weighted by Crippen LogP contribution is -2.45. The monoisotopic (exact) mass is 848 g/mol. The fourth-order valence-corrected chi connectivity index (χ4v) is 8.41. The molecule has 0 bridgehead atoms. The third-order valence-electron chi connectivity index (χ3n) is 12.6. The minimum atomic E-state index is -0.694. The van der Waals surface area contributed by atoms with Crippen molar-refractivity contribution in [1.82, 2.24) is 5.32 Å². The van der Waals surface area contributed by atoms with Crippen LogP contribution in [0.15, 0.2) is 12.2 Å². The molecule has 0 aliphatic rings. The number of esters is 1. The third kappa shape index (κ3) is 46.1. The molecule has 0 aliphatic carbocycles. The van der Waals surface area contributed by atoms with Crippen LogP contribution < -0.4 is 5.32 Å². The number of aliphatic hydroxyl groups is 2. The second kappa shape index (κ2) is 50.2. The van der Waals surface area contributed by atoms with Crippen LogP contribution in [0.25, 0.3) is 0 Å². The molecule has 0 aromatic carbocycles. The van der Waals surface area contributed by atoms with E-state index in [0.717, 1.165) is 70.6 Å². The van der Waals surface area contributed by atoms with E-state index < -0.39 is 12.1 Å². The van der Waals surface area contributed by atoms with Gasteiger partial charge in [-0.05, 0) is 44.9 Å². The zero-order chi connectivity index (χ0) is 43.7. The van der Waals surface area contributed by atoms with Crippen molar-refractivity contribution in [2.75, 3.05) is 13.2 Å². The Labute approximate surface area is 374 Å². The fraction of sp³-hybridized carbons (Fsp3) is 0.926. The number of hydrogen-bond donors (Lipinski definition) is 3. The number of carbonyl (C=O) groups excluding carboxylic acids is 2. The van der Waals surface area contributed by atoms with Crippen LogP contribution in [-0.2, 0) is 14.3 Å².